The van der Waals surface area contributed by atoms with Crippen LogP contribution in [0.3, 0.4) is 0 Å². The van der Waals surface area contributed by atoms with E-state index in [-0.39, 0.29) is 18.4 Å². The molecule has 0 atom stereocenters. The Labute approximate surface area is 258 Å². The zero-order chi connectivity index (χ0) is 29.8. The van der Waals surface area contributed by atoms with Crippen LogP contribution < -0.4 is 9.80 Å². The average molecular weight is 613 g/mol. The molecular weight excluding hydrogens is 573 g/mol. The summed E-state index contributed by atoms with van der Waals surface area (Å²) in [6.07, 6.45) is 5.79. The molecule has 2 aliphatic heterocycles. The predicted molar refractivity (Wildman–Crippen MR) is 169 cm³/mol. The van der Waals surface area contributed by atoms with Gasteiger partial charge in [0.15, 0.2) is 0 Å². The van der Waals surface area contributed by atoms with Crippen molar-refractivity contribution in [3.05, 3.63) is 58.3 Å². The number of hydrogen-bond donors (Lipinski definition) is 1. The molecular formula is C31H39Cl2N7O2. The van der Waals surface area contributed by atoms with Gasteiger partial charge in [-0.25, -0.2) is 15.0 Å². The van der Waals surface area contributed by atoms with Gasteiger partial charge in [-0.1, -0.05) is 23.2 Å². The molecule has 2 aliphatic rings. The first-order chi connectivity index (χ1) is 20.1. The summed E-state index contributed by atoms with van der Waals surface area (Å²) in [5.74, 6) is 1.07. The number of nitrogens with zero attached hydrogens (tertiary/aromatic N) is 7. The van der Waals surface area contributed by atoms with Gasteiger partial charge in [0.25, 0.3) is 0 Å². The number of hydrogen-bond acceptors (Lipinski definition) is 8. The molecule has 4 heterocycles. The van der Waals surface area contributed by atoms with E-state index in [0.29, 0.717) is 10.0 Å². The third-order valence-corrected chi connectivity index (χ3v) is 8.50. The van der Waals surface area contributed by atoms with Crippen molar-refractivity contribution in [3.8, 4) is 11.3 Å². The number of carbonyl (C=O) groups is 1. The third-order valence-electron chi connectivity index (χ3n) is 8.06. The van der Waals surface area contributed by atoms with Gasteiger partial charge in [-0.05, 0) is 88.6 Å². The van der Waals surface area contributed by atoms with E-state index in [1.54, 1.807) is 6.07 Å². The molecule has 2 saturated heterocycles. The Hall–Kier alpha value is -2.98. The molecule has 5 rings (SSSR count). The largest absolute Gasteiger partial charge is 0.481 e. The number of rotatable bonds is 9. The van der Waals surface area contributed by atoms with Gasteiger partial charge in [-0.2, -0.15) is 0 Å². The van der Waals surface area contributed by atoms with E-state index in [1.807, 2.05) is 24.5 Å². The summed E-state index contributed by atoms with van der Waals surface area (Å²) < 4.78 is 0. The summed E-state index contributed by atoms with van der Waals surface area (Å²) >= 11 is 12.8. The minimum absolute atomic E-state index is 0.0911. The van der Waals surface area contributed by atoms with E-state index in [2.05, 4.69) is 52.6 Å². The molecule has 11 heteroatoms. The number of piperidine rings is 1. The van der Waals surface area contributed by atoms with Crippen LogP contribution >= 0.6 is 23.2 Å². The van der Waals surface area contributed by atoms with Crippen LogP contribution in [0, 0.1) is 5.92 Å². The minimum atomic E-state index is -0.716. The van der Waals surface area contributed by atoms with Crippen LogP contribution in [0.5, 0.6) is 0 Å². The van der Waals surface area contributed by atoms with Crippen LogP contribution in [0.15, 0.2) is 42.7 Å². The molecule has 1 aromatic carbocycles. The topological polar surface area (TPSA) is 88.9 Å². The van der Waals surface area contributed by atoms with Gasteiger partial charge in [0, 0.05) is 60.8 Å². The number of likely N-dealkylation sites (tertiary alicyclic amines) is 1. The zero-order valence-electron chi connectivity index (χ0n) is 24.5. The summed E-state index contributed by atoms with van der Waals surface area (Å²) in [7, 11) is 2.13. The molecule has 1 N–H and O–H groups in total. The van der Waals surface area contributed by atoms with E-state index in [1.165, 1.54) is 0 Å². The van der Waals surface area contributed by atoms with Gasteiger partial charge in [0.2, 0.25) is 5.95 Å². The van der Waals surface area contributed by atoms with Crippen LogP contribution in [0.1, 0.15) is 38.7 Å². The molecule has 0 aliphatic carbocycles. The van der Waals surface area contributed by atoms with E-state index < -0.39 is 5.97 Å². The van der Waals surface area contributed by atoms with Crippen LogP contribution in [-0.2, 0) is 11.3 Å². The van der Waals surface area contributed by atoms with Crippen molar-refractivity contribution in [2.45, 2.75) is 45.7 Å². The predicted octanol–water partition coefficient (Wildman–Crippen LogP) is 5.83. The molecule has 0 bridgehead atoms. The first-order valence-electron chi connectivity index (χ1n) is 14.6. The summed E-state index contributed by atoms with van der Waals surface area (Å²) in [4.78, 5) is 34.9. The normalized spacial score (nSPS) is 17.1. The van der Waals surface area contributed by atoms with E-state index in [4.69, 9.17) is 38.2 Å². The van der Waals surface area contributed by atoms with Crippen molar-refractivity contribution in [2.75, 3.05) is 56.1 Å². The number of aliphatic carboxylic acids is 1. The van der Waals surface area contributed by atoms with Crippen molar-refractivity contribution in [1.82, 2.24) is 24.8 Å². The lowest BCUT2D eigenvalue weighted by atomic mass is 9.93. The Morgan fingerprint density at radius 3 is 2.21 bits per heavy atom. The molecule has 0 radical (unpaired) electrons. The maximum absolute atomic E-state index is 11.2. The Kier molecular flexibility index (Phi) is 9.83. The number of carboxylic acids is 1. The number of anilines is 3. The van der Waals surface area contributed by atoms with Gasteiger partial charge in [0.05, 0.1) is 23.8 Å². The molecule has 42 heavy (non-hydrogen) atoms. The molecule has 0 spiro atoms. The molecule has 0 amide bonds. The second-order valence-electron chi connectivity index (χ2n) is 11.7. The molecule has 0 unspecified atom stereocenters. The van der Waals surface area contributed by atoms with Crippen LogP contribution in [-0.4, -0.2) is 88.2 Å². The van der Waals surface area contributed by atoms with Gasteiger partial charge >= 0.3 is 5.97 Å². The second-order valence-corrected chi connectivity index (χ2v) is 12.6. The highest BCUT2D eigenvalue weighted by Crippen LogP contribution is 2.33. The molecule has 3 aromatic rings. The van der Waals surface area contributed by atoms with Gasteiger partial charge in [-0.3, -0.25) is 9.69 Å². The van der Waals surface area contributed by atoms with Crippen molar-refractivity contribution >= 4 is 46.6 Å². The minimum Gasteiger partial charge on any atom is -0.481 e. The number of aromatic nitrogens is 3. The fraction of sp³-hybridized carbons (Fsp3) is 0.484. The van der Waals surface area contributed by atoms with Crippen molar-refractivity contribution in [3.63, 3.8) is 0 Å². The fourth-order valence-corrected chi connectivity index (χ4v) is 6.32. The summed E-state index contributed by atoms with van der Waals surface area (Å²) in [6, 6.07) is 9.81. The summed E-state index contributed by atoms with van der Waals surface area (Å²) in [6.45, 7) is 10.5. The highest BCUT2D eigenvalue weighted by molar-refractivity contribution is 6.35. The van der Waals surface area contributed by atoms with Crippen molar-refractivity contribution < 1.29 is 9.90 Å². The second kappa shape index (κ2) is 13.5. The van der Waals surface area contributed by atoms with Crippen molar-refractivity contribution in [2.24, 2.45) is 5.92 Å². The number of likely N-dealkylation sites (N-methyl/N-ethyl adjacent to an activating group) is 1. The number of pyridine rings is 1. The maximum atomic E-state index is 11.2. The number of carboxylic acid groups (broad SMARTS) is 1. The SMILES string of the molecule is CC(C)N(c1cnc(N2CCN(C)CC2)nc1)c1cc(CN2CCC(CC(=O)O)CC2)cc(-c2cc(Cl)cc(Cl)c2)n1. The lowest BCUT2D eigenvalue weighted by Crippen LogP contribution is -2.45. The highest BCUT2D eigenvalue weighted by atomic mass is 35.5. The smallest absolute Gasteiger partial charge is 0.303 e. The van der Waals surface area contributed by atoms with Crippen LogP contribution in [0.2, 0.25) is 10.0 Å². The fourth-order valence-electron chi connectivity index (χ4n) is 5.79. The maximum Gasteiger partial charge on any atom is 0.303 e. The Balaban J connectivity index is 1.45. The standard InChI is InChI=1S/C31H39Cl2N7O2/c1-21(2)40(27-18-34-31(35-19-27)39-10-8-37(3)9-11-39)29-13-23(20-38-6-4-22(5-7-38)14-30(41)42)12-28(36-29)24-15-25(32)17-26(33)16-24/h12-13,15-19,21-22H,4-11,14,20H2,1-3H3,(H,41,42). The summed E-state index contributed by atoms with van der Waals surface area (Å²) in [5.41, 5.74) is 3.62. The quantitative estimate of drug-likeness (QED) is 0.321. The highest BCUT2D eigenvalue weighted by Gasteiger charge is 2.24. The monoisotopic (exact) mass is 611 g/mol. The third kappa shape index (κ3) is 7.69. The number of benzene rings is 1. The lowest BCUT2D eigenvalue weighted by Gasteiger charge is -2.33. The first kappa shape index (κ1) is 30.5. The zero-order valence-corrected chi connectivity index (χ0v) is 26.0. The molecule has 224 valence electrons. The Morgan fingerprint density at radius 2 is 1.62 bits per heavy atom. The molecule has 2 aromatic heterocycles. The molecule has 0 saturated carbocycles. The van der Waals surface area contributed by atoms with Crippen LogP contribution in [0.25, 0.3) is 11.3 Å². The molecule has 2 fully saturated rings. The van der Waals surface area contributed by atoms with Crippen LogP contribution in [0.4, 0.5) is 17.5 Å². The average Bonchev–Trinajstić information content (AvgIpc) is 2.94. The number of halogens is 2. The van der Waals surface area contributed by atoms with E-state index >= 15 is 0 Å². The Bertz CT molecular complexity index is 1350. The van der Waals surface area contributed by atoms with E-state index in [9.17, 15) is 9.90 Å². The van der Waals surface area contributed by atoms with E-state index in [0.717, 1.165) is 92.9 Å². The molecule has 9 nitrogen and oxygen atoms in total. The van der Waals surface area contributed by atoms with Gasteiger partial charge in [-0.15, -0.1) is 0 Å². The van der Waals surface area contributed by atoms with Gasteiger partial charge in [0.1, 0.15) is 5.82 Å². The number of piperazine rings is 1. The Morgan fingerprint density at radius 1 is 0.976 bits per heavy atom. The first-order valence-corrected chi connectivity index (χ1v) is 15.4. The van der Waals surface area contributed by atoms with Gasteiger partial charge < -0.3 is 19.8 Å². The summed E-state index contributed by atoms with van der Waals surface area (Å²) in [5, 5.41) is 10.3. The van der Waals surface area contributed by atoms with Crippen molar-refractivity contribution in [1.29, 1.82) is 0 Å². The lowest BCUT2D eigenvalue weighted by molar-refractivity contribution is -0.138.